The lowest BCUT2D eigenvalue weighted by molar-refractivity contribution is 0.133. The summed E-state index contributed by atoms with van der Waals surface area (Å²) in [5, 5.41) is 4.59. The van der Waals surface area contributed by atoms with Crippen molar-refractivity contribution in [1.29, 1.82) is 0 Å². The van der Waals surface area contributed by atoms with E-state index in [0.29, 0.717) is 23.2 Å². The molecule has 192 valence electrons. The van der Waals surface area contributed by atoms with Gasteiger partial charge < -0.3 is 15.0 Å². The second-order valence-corrected chi connectivity index (χ2v) is 9.40. The maximum atomic E-state index is 13.4. The highest BCUT2D eigenvalue weighted by atomic mass is 35.5. The number of rotatable bonds is 10. The van der Waals surface area contributed by atoms with Gasteiger partial charge >= 0.3 is 0 Å². The number of likely N-dealkylation sites (tertiary alicyclic amines) is 1. The van der Waals surface area contributed by atoms with Crippen molar-refractivity contribution >= 4 is 39.7 Å². The zero-order valence-corrected chi connectivity index (χ0v) is 21.2. The number of hydrogen-bond donors (Lipinski definition) is 2. The molecule has 3 aromatic carbocycles. The molecule has 2 N–H and O–H groups in total. The van der Waals surface area contributed by atoms with Crippen LogP contribution in [0.2, 0.25) is 5.02 Å². The van der Waals surface area contributed by atoms with E-state index in [1.165, 1.54) is 37.7 Å². The number of anilines is 3. The van der Waals surface area contributed by atoms with E-state index in [0.717, 1.165) is 47.5 Å². The van der Waals surface area contributed by atoms with Crippen LogP contribution in [-0.4, -0.2) is 41.1 Å². The number of piperidine rings is 1. The molecular weight excluding hydrogens is 493 g/mol. The molecule has 0 aliphatic carbocycles. The van der Waals surface area contributed by atoms with E-state index >= 15 is 0 Å². The average Bonchev–Trinajstić information content (AvgIpc) is 2.92. The van der Waals surface area contributed by atoms with E-state index in [2.05, 4.69) is 25.7 Å². The Hall–Kier alpha value is -3.46. The Bertz CT molecular complexity index is 1350. The van der Waals surface area contributed by atoms with Crippen LogP contribution in [0.5, 0.6) is 5.75 Å². The van der Waals surface area contributed by atoms with E-state index in [4.69, 9.17) is 21.2 Å². The van der Waals surface area contributed by atoms with E-state index in [1.54, 1.807) is 24.3 Å². The zero-order valence-electron chi connectivity index (χ0n) is 20.4. The number of hydrogen-bond acceptors (Lipinski definition) is 7. The van der Waals surface area contributed by atoms with Crippen LogP contribution in [0.15, 0.2) is 67.0 Å². The predicted octanol–water partition coefficient (Wildman–Crippen LogP) is 6.57. The Morgan fingerprint density at radius 2 is 1.81 bits per heavy atom. The summed E-state index contributed by atoms with van der Waals surface area (Å²) in [6.45, 7) is 4.04. The first-order valence-corrected chi connectivity index (χ1v) is 12.8. The molecule has 7 nitrogen and oxygen atoms in total. The van der Waals surface area contributed by atoms with Crippen LogP contribution >= 0.6 is 11.6 Å². The smallest absolute Gasteiger partial charge is 0.141 e. The minimum atomic E-state index is -0.300. The zero-order chi connectivity index (χ0) is 25.5. The van der Waals surface area contributed by atoms with E-state index in [-0.39, 0.29) is 12.4 Å². The van der Waals surface area contributed by atoms with Crippen molar-refractivity contribution < 1.29 is 14.0 Å². The fourth-order valence-corrected chi connectivity index (χ4v) is 4.57. The third kappa shape index (κ3) is 6.85. The van der Waals surface area contributed by atoms with Gasteiger partial charge in [0, 0.05) is 17.6 Å². The molecule has 1 aromatic heterocycles. The standard InChI is InChI=1S/C28H29ClFN5O2/c29-25-17-22(8-10-27(25)36-18-20-5-4-6-21(30)15-20)33-28-24-16-23(7-9-26(24)31-19-32-28)34-37-14-13-35-11-2-1-3-12-35/h4-10,15-17,19,34H,1-3,11-14,18H2,(H,31,32,33). The second kappa shape index (κ2) is 12.2. The minimum absolute atomic E-state index is 0.219. The summed E-state index contributed by atoms with van der Waals surface area (Å²) in [7, 11) is 0. The van der Waals surface area contributed by atoms with Crippen molar-refractivity contribution in [3.8, 4) is 5.75 Å². The molecule has 1 aliphatic heterocycles. The topological polar surface area (TPSA) is 71.5 Å². The molecule has 9 heteroatoms. The van der Waals surface area contributed by atoms with Crippen molar-refractivity contribution in [2.45, 2.75) is 25.9 Å². The van der Waals surface area contributed by atoms with E-state index < -0.39 is 0 Å². The number of ether oxygens (including phenoxy) is 1. The SMILES string of the molecule is Fc1cccc(COc2ccc(Nc3ncnc4ccc(NOCCN5CCCCC5)cc34)cc2Cl)c1. The minimum Gasteiger partial charge on any atom is -0.487 e. The quantitative estimate of drug-likeness (QED) is 0.180. The lowest BCUT2D eigenvalue weighted by Gasteiger charge is -2.26. The lowest BCUT2D eigenvalue weighted by atomic mass is 10.1. The van der Waals surface area contributed by atoms with Gasteiger partial charge in [0.25, 0.3) is 0 Å². The van der Waals surface area contributed by atoms with Gasteiger partial charge in [-0.1, -0.05) is 30.2 Å². The maximum absolute atomic E-state index is 13.4. The van der Waals surface area contributed by atoms with Gasteiger partial charge in [0.15, 0.2) is 0 Å². The van der Waals surface area contributed by atoms with Gasteiger partial charge in [-0.25, -0.2) is 14.4 Å². The molecule has 37 heavy (non-hydrogen) atoms. The van der Waals surface area contributed by atoms with Crippen molar-refractivity contribution in [2.24, 2.45) is 0 Å². The van der Waals surface area contributed by atoms with Crippen molar-refractivity contribution in [1.82, 2.24) is 14.9 Å². The third-order valence-electron chi connectivity index (χ3n) is 6.26. The van der Waals surface area contributed by atoms with Crippen LogP contribution in [0.3, 0.4) is 0 Å². The molecule has 0 amide bonds. The highest BCUT2D eigenvalue weighted by Gasteiger charge is 2.11. The average molecular weight is 522 g/mol. The number of halogens is 2. The van der Waals surface area contributed by atoms with E-state index in [1.807, 2.05) is 24.3 Å². The van der Waals surface area contributed by atoms with Gasteiger partial charge in [0.1, 0.15) is 30.3 Å². The Kier molecular flexibility index (Phi) is 8.30. The van der Waals surface area contributed by atoms with Crippen LogP contribution < -0.4 is 15.5 Å². The Morgan fingerprint density at radius 1 is 0.946 bits per heavy atom. The van der Waals surface area contributed by atoms with Crippen LogP contribution in [-0.2, 0) is 11.4 Å². The number of nitrogens with zero attached hydrogens (tertiary/aromatic N) is 3. The van der Waals surface area contributed by atoms with Gasteiger partial charge in [0.05, 0.1) is 22.8 Å². The summed E-state index contributed by atoms with van der Waals surface area (Å²) in [5.74, 6) is 0.856. The highest BCUT2D eigenvalue weighted by molar-refractivity contribution is 6.32. The summed E-state index contributed by atoms with van der Waals surface area (Å²) in [4.78, 5) is 17.0. The molecule has 0 unspecified atom stereocenters. The summed E-state index contributed by atoms with van der Waals surface area (Å²) < 4.78 is 19.2. The Balaban J connectivity index is 1.22. The van der Waals surface area contributed by atoms with Crippen LogP contribution in [0, 0.1) is 5.82 Å². The van der Waals surface area contributed by atoms with Crippen LogP contribution in [0.1, 0.15) is 24.8 Å². The summed E-state index contributed by atoms with van der Waals surface area (Å²) in [6, 6.07) is 17.5. The van der Waals surface area contributed by atoms with Gasteiger partial charge in [0.2, 0.25) is 0 Å². The molecule has 1 aliphatic rings. The van der Waals surface area contributed by atoms with Crippen molar-refractivity contribution in [3.63, 3.8) is 0 Å². The fraction of sp³-hybridized carbons (Fsp3) is 0.286. The first kappa shape index (κ1) is 25.2. The number of nitrogens with one attached hydrogen (secondary N) is 2. The fourth-order valence-electron chi connectivity index (χ4n) is 4.33. The molecule has 4 aromatic rings. The number of aromatic nitrogens is 2. The van der Waals surface area contributed by atoms with Gasteiger partial charge in [-0.05, 0) is 80.0 Å². The Labute approximate surface area is 220 Å². The predicted molar refractivity (Wildman–Crippen MR) is 145 cm³/mol. The monoisotopic (exact) mass is 521 g/mol. The van der Waals surface area contributed by atoms with Crippen molar-refractivity contribution in [3.05, 3.63) is 83.4 Å². The largest absolute Gasteiger partial charge is 0.487 e. The maximum Gasteiger partial charge on any atom is 0.141 e. The van der Waals surface area contributed by atoms with Crippen LogP contribution in [0.4, 0.5) is 21.6 Å². The summed E-state index contributed by atoms with van der Waals surface area (Å²) in [6.07, 6.45) is 5.38. The lowest BCUT2D eigenvalue weighted by Crippen LogP contribution is -2.33. The van der Waals surface area contributed by atoms with Crippen LogP contribution in [0.25, 0.3) is 10.9 Å². The molecule has 1 saturated heterocycles. The molecule has 0 spiro atoms. The number of benzene rings is 3. The molecule has 0 radical (unpaired) electrons. The van der Waals surface area contributed by atoms with Gasteiger partial charge in [-0.2, -0.15) is 0 Å². The highest BCUT2D eigenvalue weighted by Crippen LogP contribution is 2.31. The summed E-state index contributed by atoms with van der Waals surface area (Å²) in [5.41, 5.74) is 6.15. The van der Waals surface area contributed by atoms with Crippen molar-refractivity contribution in [2.75, 3.05) is 37.0 Å². The first-order valence-electron chi connectivity index (χ1n) is 12.4. The molecule has 5 rings (SSSR count). The van der Waals surface area contributed by atoms with Gasteiger partial charge in [-0.15, -0.1) is 0 Å². The molecule has 0 saturated carbocycles. The normalized spacial score (nSPS) is 14.0. The summed E-state index contributed by atoms with van der Waals surface area (Å²) >= 11 is 6.46. The third-order valence-corrected chi connectivity index (χ3v) is 6.56. The molecular formula is C28H29ClFN5O2. The number of fused-ring (bicyclic) bond motifs is 1. The molecule has 1 fully saturated rings. The molecule has 0 atom stereocenters. The first-order chi connectivity index (χ1) is 18.1. The van der Waals surface area contributed by atoms with Gasteiger partial charge in [-0.3, -0.25) is 10.3 Å². The molecule has 0 bridgehead atoms. The second-order valence-electron chi connectivity index (χ2n) is 9.00. The Morgan fingerprint density at radius 3 is 2.65 bits per heavy atom. The van der Waals surface area contributed by atoms with E-state index in [9.17, 15) is 4.39 Å². The molecule has 2 heterocycles.